The van der Waals surface area contributed by atoms with Crippen LogP contribution in [0.2, 0.25) is 0 Å². The Balaban J connectivity index is 1.95. The first-order valence-electron chi connectivity index (χ1n) is 6.13. The number of rotatable bonds is 1. The van der Waals surface area contributed by atoms with Crippen LogP contribution in [0.25, 0.3) is 0 Å². The van der Waals surface area contributed by atoms with Crippen LogP contribution < -0.4 is 5.32 Å². The molecule has 2 aliphatic heterocycles. The summed E-state index contributed by atoms with van der Waals surface area (Å²) >= 11 is 0. The Kier molecular flexibility index (Phi) is 2.28. The fourth-order valence-corrected chi connectivity index (χ4v) is 3.08. The summed E-state index contributed by atoms with van der Waals surface area (Å²) in [7, 11) is 0. The molecule has 0 saturated carbocycles. The van der Waals surface area contributed by atoms with Crippen molar-refractivity contribution in [1.82, 2.24) is 14.9 Å². The molecule has 0 radical (unpaired) electrons. The van der Waals surface area contributed by atoms with Crippen LogP contribution in [0.1, 0.15) is 42.4 Å². The number of fused-ring (bicyclic) bond motifs is 1. The van der Waals surface area contributed by atoms with Crippen LogP contribution in [0.15, 0.2) is 0 Å². The molecular formula is C12H19N3. The molecule has 1 unspecified atom stereocenters. The number of nitrogens with one attached hydrogen (secondary N) is 1. The molecule has 3 heterocycles. The van der Waals surface area contributed by atoms with Gasteiger partial charge in [0.15, 0.2) is 0 Å². The summed E-state index contributed by atoms with van der Waals surface area (Å²) in [5, 5.41) is 3.50. The lowest BCUT2D eigenvalue weighted by molar-refractivity contribution is 0.441. The van der Waals surface area contributed by atoms with E-state index < -0.39 is 0 Å². The minimum atomic E-state index is 0.707. The van der Waals surface area contributed by atoms with E-state index in [2.05, 4.69) is 16.8 Å². The van der Waals surface area contributed by atoms with E-state index in [1.54, 1.807) is 0 Å². The van der Waals surface area contributed by atoms with E-state index in [9.17, 15) is 0 Å². The smallest absolute Gasteiger partial charge is 0.109 e. The van der Waals surface area contributed by atoms with Crippen molar-refractivity contribution in [2.75, 3.05) is 13.1 Å². The molecule has 0 spiro atoms. The fraction of sp³-hybridized carbons (Fsp3) is 0.750. The first-order valence-corrected chi connectivity index (χ1v) is 6.13. The average molecular weight is 205 g/mol. The predicted octanol–water partition coefficient (Wildman–Crippen LogP) is 1.60. The summed E-state index contributed by atoms with van der Waals surface area (Å²) in [5.41, 5.74) is 2.80. The molecule has 3 heteroatoms. The predicted molar refractivity (Wildman–Crippen MR) is 60.1 cm³/mol. The van der Waals surface area contributed by atoms with Crippen LogP contribution in [0.4, 0.5) is 0 Å². The molecule has 82 valence electrons. The molecule has 3 rings (SSSR count). The molecule has 0 bridgehead atoms. The van der Waals surface area contributed by atoms with E-state index in [0.29, 0.717) is 5.92 Å². The molecule has 1 fully saturated rings. The summed E-state index contributed by atoms with van der Waals surface area (Å²) in [6.45, 7) is 5.71. The maximum absolute atomic E-state index is 4.70. The third-order valence-electron chi connectivity index (χ3n) is 3.74. The minimum Gasteiger partial charge on any atom is -0.331 e. The highest BCUT2D eigenvalue weighted by Crippen LogP contribution is 2.29. The van der Waals surface area contributed by atoms with Gasteiger partial charge in [-0.3, -0.25) is 0 Å². The highest BCUT2D eigenvalue weighted by atomic mass is 15.1. The van der Waals surface area contributed by atoms with Crippen LogP contribution >= 0.6 is 0 Å². The molecule has 1 atom stereocenters. The van der Waals surface area contributed by atoms with E-state index in [0.717, 1.165) is 6.54 Å². The van der Waals surface area contributed by atoms with Gasteiger partial charge in [-0.25, -0.2) is 4.98 Å². The Bertz CT molecular complexity index is 361. The maximum Gasteiger partial charge on any atom is 0.109 e. The second kappa shape index (κ2) is 3.63. The molecule has 1 saturated heterocycles. The Hall–Kier alpha value is -0.830. The summed E-state index contributed by atoms with van der Waals surface area (Å²) in [4.78, 5) is 4.70. The number of hydrogen-bond acceptors (Lipinski definition) is 2. The number of aryl methyl sites for hydroxylation is 2. The largest absolute Gasteiger partial charge is 0.331 e. The first kappa shape index (κ1) is 9.40. The van der Waals surface area contributed by atoms with Gasteiger partial charge in [-0.15, -0.1) is 0 Å². The first-order chi connectivity index (χ1) is 7.36. The topological polar surface area (TPSA) is 29.9 Å². The lowest BCUT2D eigenvalue weighted by Crippen LogP contribution is -2.29. The van der Waals surface area contributed by atoms with Gasteiger partial charge in [0.05, 0.1) is 5.69 Å². The second-order valence-corrected chi connectivity index (χ2v) is 4.80. The highest BCUT2D eigenvalue weighted by molar-refractivity contribution is 5.23. The molecule has 2 aliphatic rings. The van der Waals surface area contributed by atoms with Gasteiger partial charge >= 0.3 is 0 Å². The summed E-state index contributed by atoms with van der Waals surface area (Å²) in [5.74, 6) is 2.03. The van der Waals surface area contributed by atoms with Crippen molar-refractivity contribution >= 4 is 0 Å². The normalized spacial score (nSPS) is 25.5. The van der Waals surface area contributed by atoms with E-state index in [1.165, 1.54) is 56.0 Å². The quantitative estimate of drug-likeness (QED) is 0.755. The molecule has 0 aromatic carbocycles. The van der Waals surface area contributed by atoms with Crippen molar-refractivity contribution in [2.24, 2.45) is 0 Å². The highest BCUT2D eigenvalue weighted by Gasteiger charge is 2.25. The molecular weight excluding hydrogens is 186 g/mol. The van der Waals surface area contributed by atoms with Crippen molar-refractivity contribution in [3.05, 3.63) is 17.2 Å². The monoisotopic (exact) mass is 205 g/mol. The summed E-state index contributed by atoms with van der Waals surface area (Å²) in [6, 6.07) is 0. The van der Waals surface area contributed by atoms with Crippen molar-refractivity contribution in [2.45, 2.75) is 45.1 Å². The van der Waals surface area contributed by atoms with Crippen LogP contribution in [0.3, 0.4) is 0 Å². The zero-order valence-corrected chi connectivity index (χ0v) is 9.42. The second-order valence-electron chi connectivity index (χ2n) is 4.80. The van der Waals surface area contributed by atoms with Gasteiger partial charge < -0.3 is 9.88 Å². The number of imidazole rings is 1. The Morgan fingerprint density at radius 3 is 3.13 bits per heavy atom. The number of aromatic nitrogens is 2. The molecule has 1 aromatic heterocycles. The van der Waals surface area contributed by atoms with E-state index in [1.807, 2.05) is 0 Å². The fourth-order valence-electron chi connectivity index (χ4n) is 3.08. The van der Waals surface area contributed by atoms with Crippen molar-refractivity contribution in [3.63, 3.8) is 0 Å². The third kappa shape index (κ3) is 1.49. The Labute approximate surface area is 90.9 Å². The number of hydrogen-bond donors (Lipinski definition) is 1. The minimum absolute atomic E-state index is 0.707. The van der Waals surface area contributed by atoms with Gasteiger partial charge in [0.1, 0.15) is 5.82 Å². The molecule has 15 heavy (non-hydrogen) atoms. The summed E-state index contributed by atoms with van der Waals surface area (Å²) < 4.78 is 2.48. The van der Waals surface area contributed by atoms with Gasteiger partial charge in [-0.1, -0.05) is 0 Å². The molecule has 1 N–H and O–H groups in total. The van der Waals surface area contributed by atoms with E-state index in [-0.39, 0.29) is 0 Å². The van der Waals surface area contributed by atoms with Gasteiger partial charge in [-0.2, -0.15) is 0 Å². The van der Waals surface area contributed by atoms with Crippen LogP contribution in [-0.4, -0.2) is 22.6 Å². The lowest BCUT2D eigenvalue weighted by atomic mass is 9.95. The lowest BCUT2D eigenvalue weighted by Gasteiger charge is -2.24. The number of piperidine rings is 1. The molecule has 1 aromatic rings. The van der Waals surface area contributed by atoms with Gasteiger partial charge in [0, 0.05) is 31.1 Å². The van der Waals surface area contributed by atoms with Crippen LogP contribution in [0, 0.1) is 6.92 Å². The average Bonchev–Trinajstić information content (AvgIpc) is 2.78. The van der Waals surface area contributed by atoms with Crippen molar-refractivity contribution in [1.29, 1.82) is 0 Å². The summed E-state index contributed by atoms with van der Waals surface area (Å²) in [6.07, 6.45) is 5.11. The van der Waals surface area contributed by atoms with Crippen molar-refractivity contribution < 1.29 is 0 Å². The molecule has 0 aliphatic carbocycles. The Morgan fingerprint density at radius 1 is 1.40 bits per heavy atom. The van der Waals surface area contributed by atoms with Crippen molar-refractivity contribution in [3.8, 4) is 0 Å². The molecule has 0 amide bonds. The zero-order valence-electron chi connectivity index (χ0n) is 9.42. The molecule has 3 nitrogen and oxygen atoms in total. The zero-order chi connectivity index (χ0) is 10.3. The SMILES string of the molecule is Cc1nc2n(c1C1CCCNC1)CCC2. The van der Waals surface area contributed by atoms with Gasteiger partial charge in [0.25, 0.3) is 0 Å². The van der Waals surface area contributed by atoms with E-state index >= 15 is 0 Å². The number of nitrogens with zero attached hydrogens (tertiary/aromatic N) is 2. The standard InChI is InChI=1S/C12H19N3/c1-9-12(10-4-2-6-13-8-10)15-7-3-5-11(15)14-9/h10,13H,2-8H2,1H3. The maximum atomic E-state index is 4.70. The van der Waals surface area contributed by atoms with Gasteiger partial charge in [0.2, 0.25) is 0 Å². The third-order valence-corrected chi connectivity index (χ3v) is 3.74. The Morgan fingerprint density at radius 2 is 2.33 bits per heavy atom. The van der Waals surface area contributed by atoms with E-state index in [4.69, 9.17) is 4.98 Å². The van der Waals surface area contributed by atoms with Crippen LogP contribution in [-0.2, 0) is 13.0 Å². The van der Waals surface area contributed by atoms with Crippen LogP contribution in [0.5, 0.6) is 0 Å². The van der Waals surface area contributed by atoms with Gasteiger partial charge in [-0.05, 0) is 32.7 Å².